The quantitative estimate of drug-likeness (QED) is 0.592. The van der Waals surface area contributed by atoms with Gasteiger partial charge in [-0.25, -0.2) is 0 Å². The van der Waals surface area contributed by atoms with E-state index in [1.165, 1.54) is 6.08 Å². The first-order chi connectivity index (χ1) is 5.72. The Balaban J connectivity index is 2.31. The molecule has 0 spiro atoms. The number of carbonyl (C=O) groups is 1. The van der Waals surface area contributed by atoms with E-state index in [2.05, 4.69) is 11.9 Å². The van der Waals surface area contributed by atoms with Gasteiger partial charge < -0.3 is 11.1 Å². The average molecular weight is 168 g/mol. The van der Waals surface area contributed by atoms with Gasteiger partial charge in [0.2, 0.25) is 5.91 Å². The van der Waals surface area contributed by atoms with Crippen LogP contribution in [0.4, 0.5) is 0 Å². The lowest BCUT2D eigenvalue weighted by Gasteiger charge is -2.26. The Morgan fingerprint density at radius 2 is 2.33 bits per heavy atom. The van der Waals surface area contributed by atoms with Crippen LogP contribution in [0.1, 0.15) is 25.7 Å². The van der Waals surface area contributed by atoms with Gasteiger partial charge >= 0.3 is 0 Å². The van der Waals surface area contributed by atoms with E-state index in [4.69, 9.17) is 5.73 Å². The summed E-state index contributed by atoms with van der Waals surface area (Å²) in [5.74, 6) is -0.0888. The fourth-order valence-electron chi connectivity index (χ4n) is 1.62. The highest BCUT2D eigenvalue weighted by Crippen LogP contribution is 2.16. The SMILES string of the molecule is C=CC(=O)N[C@H]1CCC[C@@H](N)C1. The second-order valence-corrected chi connectivity index (χ2v) is 3.34. The van der Waals surface area contributed by atoms with Crippen molar-refractivity contribution < 1.29 is 4.79 Å². The monoisotopic (exact) mass is 168 g/mol. The third-order valence-electron chi connectivity index (χ3n) is 2.25. The molecule has 12 heavy (non-hydrogen) atoms. The van der Waals surface area contributed by atoms with Gasteiger partial charge in [0, 0.05) is 12.1 Å². The average Bonchev–Trinajstić information content (AvgIpc) is 2.04. The van der Waals surface area contributed by atoms with Crippen LogP contribution in [0.25, 0.3) is 0 Å². The second kappa shape index (κ2) is 4.26. The molecule has 3 heteroatoms. The summed E-state index contributed by atoms with van der Waals surface area (Å²) >= 11 is 0. The van der Waals surface area contributed by atoms with Crippen molar-refractivity contribution in [2.45, 2.75) is 37.8 Å². The minimum Gasteiger partial charge on any atom is -0.350 e. The van der Waals surface area contributed by atoms with Crippen LogP contribution in [0.15, 0.2) is 12.7 Å². The first-order valence-corrected chi connectivity index (χ1v) is 4.41. The summed E-state index contributed by atoms with van der Waals surface area (Å²) in [4.78, 5) is 10.9. The molecule has 1 saturated carbocycles. The number of nitrogens with one attached hydrogen (secondary N) is 1. The van der Waals surface area contributed by atoms with Crippen molar-refractivity contribution in [3.8, 4) is 0 Å². The van der Waals surface area contributed by atoms with E-state index in [1.54, 1.807) is 0 Å². The van der Waals surface area contributed by atoms with E-state index in [9.17, 15) is 4.79 Å². The molecule has 0 radical (unpaired) electrons. The summed E-state index contributed by atoms with van der Waals surface area (Å²) in [6, 6.07) is 0.521. The zero-order valence-electron chi connectivity index (χ0n) is 7.25. The first kappa shape index (κ1) is 9.26. The van der Waals surface area contributed by atoms with Gasteiger partial charge in [0.15, 0.2) is 0 Å². The van der Waals surface area contributed by atoms with Crippen LogP contribution in [-0.2, 0) is 4.79 Å². The molecule has 1 rings (SSSR count). The van der Waals surface area contributed by atoms with Gasteiger partial charge in [-0.15, -0.1) is 0 Å². The van der Waals surface area contributed by atoms with Gasteiger partial charge in [0.1, 0.15) is 0 Å². The van der Waals surface area contributed by atoms with Crippen LogP contribution in [-0.4, -0.2) is 18.0 Å². The fraction of sp³-hybridized carbons (Fsp3) is 0.667. The fourth-order valence-corrected chi connectivity index (χ4v) is 1.62. The summed E-state index contributed by atoms with van der Waals surface area (Å²) < 4.78 is 0. The van der Waals surface area contributed by atoms with Crippen molar-refractivity contribution >= 4 is 5.91 Å². The number of rotatable bonds is 2. The summed E-state index contributed by atoms with van der Waals surface area (Å²) in [6.45, 7) is 3.40. The maximum Gasteiger partial charge on any atom is 0.243 e. The van der Waals surface area contributed by atoms with Crippen LogP contribution in [0, 0.1) is 0 Å². The Kier molecular flexibility index (Phi) is 3.29. The zero-order chi connectivity index (χ0) is 8.97. The van der Waals surface area contributed by atoms with Crippen LogP contribution in [0.2, 0.25) is 0 Å². The normalized spacial score (nSPS) is 29.4. The van der Waals surface area contributed by atoms with Crippen LogP contribution in [0.5, 0.6) is 0 Å². The Morgan fingerprint density at radius 1 is 1.58 bits per heavy atom. The van der Waals surface area contributed by atoms with Crippen molar-refractivity contribution in [3.63, 3.8) is 0 Å². The molecule has 1 fully saturated rings. The summed E-state index contributed by atoms with van der Waals surface area (Å²) in [7, 11) is 0. The van der Waals surface area contributed by atoms with Crippen LogP contribution >= 0.6 is 0 Å². The third-order valence-corrected chi connectivity index (χ3v) is 2.25. The van der Waals surface area contributed by atoms with Gasteiger partial charge in [-0.3, -0.25) is 4.79 Å². The molecule has 3 nitrogen and oxygen atoms in total. The molecule has 1 amide bonds. The Hall–Kier alpha value is -0.830. The molecule has 0 saturated heterocycles. The minimum atomic E-state index is -0.0888. The third kappa shape index (κ3) is 2.66. The van der Waals surface area contributed by atoms with E-state index in [0.717, 1.165) is 25.7 Å². The lowest BCUT2D eigenvalue weighted by Crippen LogP contribution is -2.41. The number of nitrogens with two attached hydrogens (primary N) is 1. The topological polar surface area (TPSA) is 55.1 Å². The van der Waals surface area contributed by atoms with Gasteiger partial charge in [-0.05, 0) is 31.8 Å². The van der Waals surface area contributed by atoms with Gasteiger partial charge in [-0.1, -0.05) is 6.58 Å². The molecular formula is C9H16N2O. The highest BCUT2D eigenvalue weighted by Gasteiger charge is 2.19. The predicted molar refractivity (Wildman–Crippen MR) is 48.6 cm³/mol. The smallest absolute Gasteiger partial charge is 0.243 e. The predicted octanol–water partition coefficient (Wildman–Crippen LogP) is 0.558. The lowest BCUT2D eigenvalue weighted by atomic mass is 9.92. The van der Waals surface area contributed by atoms with Gasteiger partial charge in [0.25, 0.3) is 0 Å². The van der Waals surface area contributed by atoms with Gasteiger partial charge in [0.05, 0.1) is 0 Å². The highest BCUT2D eigenvalue weighted by atomic mass is 16.1. The molecule has 3 N–H and O–H groups in total. The van der Waals surface area contributed by atoms with E-state index < -0.39 is 0 Å². The molecule has 0 bridgehead atoms. The molecule has 0 aliphatic heterocycles. The maximum atomic E-state index is 10.9. The van der Waals surface area contributed by atoms with Gasteiger partial charge in [-0.2, -0.15) is 0 Å². The molecule has 0 aromatic rings. The lowest BCUT2D eigenvalue weighted by molar-refractivity contribution is -0.117. The van der Waals surface area contributed by atoms with Crippen molar-refractivity contribution in [1.82, 2.24) is 5.32 Å². The summed E-state index contributed by atoms with van der Waals surface area (Å²) in [6.07, 6.45) is 5.46. The van der Waals surface area contributed by atoms with E-state index >= 15 is 0 Å². The molecule has 68 valence electrons. The molecule has 1 aliphatic rings. The number of hydrogen-bond donors (Lipinski definition) is 2. The molecule has 0 heterocycles. The Labute approximate surface area is 73.0 Å². The molecule has 1 aliphatic carbocycles. The molecule has 2 atom stereocenters. The van der Waals surface area contributed by atoms with Crippen molar-refractivity contribution in [3.05, 3.63) is 12.7 Å². The van der Waals surface area contributed by atoms with Crippen molar-refractivity contribution in [2.75, 3.05) is 0 Å². The molecule has 0 unspecified atom stereocenters. The Morgan fingerprint density at radius 3 is 2.92 bits per heavy atom. The van der Waals surface area contributed by atoms with Crippen molar-refractivity contribution in [2.24, 2.45) is 5.73 Å². The van der Waals surface area contributed by atoms with Crippen LogP contribution in [0.3, 0.4) is 0 Å². The first-order valence-electron chi connectivity index (χ1n) is 4.41. The van der Waals surface area contributed by atoms with Crippen LogP contribution < -0.4 is 11.1 Å². The minimum absolute atomic E-state index is 0.0888. The zero-order valence-corrected chi connectivity index (χ0v) is 7.25. The molecular weight excluding hydrogens is 152 g/mol. The molecule has 0 aromatic carbocycles. The van der Waals surface area contributed by atoms with E-state index in [1.807, 2.05) is 0 Å². The highest BCUT2D eigenvalue weighted by molar-refractivity contribution is 5.87. The standard InChI is InChI=1S/C9H16N2O/c1-2-9(12)11-8-5-3-4-7(10)6-8/h2,7-8H,1,3-6,10H2,(H,11,12)/t7-,8+/m1/s1. The van der Waals surface area contributed by atoms with Crippen molar-refractivity contribution in [1.29, 1.82) is 0 Å². The second-order valence-electron chi connectivity index (χ2n) is 3.34. The number of hydrogen-bond acceptors (Lipinski definition) is 2. The number of carbonyl (C=O) groups excluding carboxylic acids is 1. The number of amides is 1. The van der Waals surface area contributed by atoms with E-state index in [0.29, 0.717) is 0 Å². The largest absolute Gasteiger partial charge is 0.350 e. The summed E-state index contributed by atoms with van der Waals surface area (Å²) in [5.41, 5.74) is 5.77. The summed E-state index contributed by atoms with van der Waals surface area (Å²) in [5, 5.41) is 2.86. The molecule has 0 aromatic heterocycles. The Bertz CT molecular complexity index is 179. The maximum absolute atomic E-state index is 10.9. The van der Waals surface area contributed by atoms with E-state index in [-0.39, 0.29) is 18.0 Å².